The second kappa shape index (κ2) is 7.94. The van der Waals surface area contributed by atoms with Crippen molar-refractivity contribution in [3.05, 3.63) is 18.5 Å². The monoisotopic (exact) mass is 367 g/mol. The molecule has 1 aliphatic heterocycles. The van der Waals surface area contributed by atoms with E-state index in [9.17, 15) is 4.21 Å². The lowest BCUT2D eigenvalue weighted by Crippen LogP contribution is -2.35. The molecule has 0 amide bonds. The highest BCUT2D eigenvalue weighted by molar-refractivity contribution is 7.74. The minimum atomic E-state index is -2.20. The van der Waals surface area contributed by atoms with Gasteiger partial charge in [-0.25, -0.2) is 9.97 Å². The fraction of sp³-hybridized carbons (Fsp3) is 0.500. The summed E-state index contributed by atoms with van der Waals surface area (Å²) in [7, 11) is 3.20. The van der Waals surface area contributed by atoms with Crippen molar-refractivity contribution in [2.45, 2.75) is 12.8 Å². The maximum atomic E-state index is 10.6. The predicted molar refractivity (Wildman–Crippen MR) is 94.3 cm³/mol. The number of methoxy groups -OCH3 is 2. The van der Waals surface area contributed by atoms with Crippen molar-refractivity contribution in [3.8, 4) is 11.5 Å². The maximum Gasteiger partial charge on any atom is 0.301 e. The van der Waals surface area contributed by atoms with Crippen LogP contribution in [0.1, 0.15) is 12.8 Å². The zero-order valence-corrected chi connectivity index (χ0v) is 15.0. The van der Waals surface area contributed by atoms with Crippen LogP contribution in [0.5, 0.6) is 11.5 Å². The van der Waals surface area contributed by atoms with Crippen molar-refractivity contribution in [1.29, 1.82) is 0 Å². The molecule has 1 saturated heterocycles. The summed E-state index contributed by atoms with van der Waals surface area (Å²) in [6, 6.07) is 3.74. The molecule has 25 heavy (non-hydrogen) atoms. The van der Waals surface area contributed by atoms with Gasteiger partial charge in [-0.1, -0.05) is 0 Å². The molecule has 1 fully saturated rings. The lowest BCUT2D eigenvalue weighted by molar-refractivity contribution is 0.223. The Morgan fingerprint density at radius 2 is 1.88 bits per heavy atom. The van der Waals surface area contributed by atoms with E-state index in [-0.39, 0.29) is 5.92 Å². The number of hydrogen-bond donors (Lipinski definition) is 1. The van der Waals surface area contributed by atoms with E-state index in [1.807, 2.05) is 12.1 Å². The molecule has 2 aromatic rings. The number of piperidine rings is 1. The van der Waals surface area contributed by atoms with E-state index in [2.05, 4.69) is 14.9 Å². The van der Waals surface area contributed by atoms with Gasteiger partial charge in [-0.15, -0.1) is 0 Å². The van der Waals surface area contributed by atoms with Crippen LogP contribution in [0, 0.1) is 5.92 Å². The quantitative estimate of drug-likeness (QED) is 0.775. The van der Waals surface area contributed by atoms with Gasteiger partial charge in [0.1, 0.15) is 12.1 Å². The van der Waals surface area contributed by atoms with Crippen LogP contribution in [0.3, 0.4) is 0 Å². The summed E-state index contributed by atoms with van der Waals surface area (Å²) in [6.07, 6.45) is 3.29. The first kappa shape index (κ1) is 17.8. The Morgan fingerprint density at radius 3 is 2.52 bits per heavy atom. The van der Waals surface area contributed by atoms with E-state index in [1.165, 1.54) is 0 Å². The molecular weight excluding hydrogens is 346 g/mol. The first-order valence-corrected chi connectivity index (χ1v) is 9.01. The second-order valence-electron chi connectivity index (χ2n) is 5.85. The van der Waals surface area contributed by atoms with Crippen LogP contribution in [0.15, 0.2) is 18.5 Å². The standard InChI is InChI=1S/C16H21N3O5S/c1-22-14-7-12-13(8-15(14)23-2)17-10-18-16(12)19-5-3-11(4-6-19)9-24-25(20)21/h7-8,10-11H,3-6,9H2,1-2H3,(H,20,21). The van der Waals surface area contributed by atoms with Gasteiger partial charge in [-0.05, 0) is 24.8 Å². The van der Waals surface area contributed by atoms with Crippen molar-refractivity contribution in [2.75, 3.05) is 38.8 Å². The topological polar surface area (TPSA) is 94.0 Å². The van der Waals surface area contributed by atoms with Crippen molar-refractivity contribution in [1.82, 2.24) is 9.97 Å². The van der Waals surface area contributed by atoms with E-state index in [0.29, 0.717) is 18.1 Å². The summed E-state index contributed by atoms with van der Waals surface area (Å²) in [5.41, 5.74) is 0.795. The predicted octanol–water partition coefficient (Wildman–Crippen LogP) is 2.02. The average molecular weight is 367 g/mol. The zero-order chi connectivity index (χ0) is 17.8. The fourth-order valence-electron chi connectivity index (χ4n) is 3.09. The summed E-state index contributed by atoms with van der Waals surface area (Å²) < 4.78 is 34.9. The first-order chi connectivity index (χ1) is 12.1. The van der Waals surface area contributed by atoms with Gasteiger partial charge in [-0.3, -0.25) is 8.74 Å². The van der Waals surface area contributed by atoms with Gasteiger partial charge in [0.25, 0.3) is 0 Å². The smallest absolute Gasteiger partial charge is 0.301 e. The number of ether oxygens (including phenoxy) is 2. The number of benzene rings is 1. The highest BCUT2D eigenvalue weighted by Gasteiger charge is 2.23. The van der Waals surface area contributed by atoms with E-state index in [4.69, 9.17) is 18.2 Å². The summed E-state index contributed by atoms with van der Waals surface area (Å²) in [6.45, 7) is 1.89. The van der Waals surface area contributed by atoms with Gasteiger partial charge in [0, 0.05) is 24.5 Å². The van der Waals surface area contributed by atoms with Gasteiger partial charge in [0.15, 0.2) is 11.5 Å². The first-order valence-electron chi connectivity index (χ1n) is 7.98. The molecule has 0 saturated carbocycles. The number of rotatable bonds is 6. The van der Waals surface area contributed by atoms with E-state index < -0.39 is 11.4 Å². The number of fused-ring (bicyclic) bond motifs is 1. The van der Waals surface area contributed by atoms with Crippen molar-refractivity contribution < 1.29 is 22.4 Å². The lowest BCUT2D eigenvalue weighted by Gasteiger charge is -2.32. The van der Waals surface area contributed by atoms with Gasteiger partial charge in [0.05, 0.1) is 26.3 Å². The molecule has 1 N–H and O–H groups in total. The molecule has 1 aromatic heterocycles. The minimum absolute atomic E-state index is 0.273. The van der Waals surface area contributed by atoms with Crippen molar-refractivity contribution in [3.63, 3.8) is 0 Å². The van der Waals surface area contributed by atoms with Crippen LogP contribution in [-0.2, 0) is 15.5 Å². The van der Waals surface area contributed by atoms with Crippen LogP contribution in [0.25, 0.3) is 10.9 Å². The van der Waals surface area contributed by atoms with Crippen LogP contribution in [0.4, 0.5) is 5.82 Å². The van der Waals surface area contributed by atoms with Gasteiger partial charge < -0.3 is 14.4 Å². The van der Waals surface area contributed by atoms with Gasteiger partial charge in [0.2, 0.25) is 0 Å². The molecule has 1 aliphatic rings. The van der Waals surface area contributed by atoms with Crippen LogP contribution in [-0.4, -0.2) is 52.6 Å². The fourth-order valence-corrected chi connectivity index (χ4v) is 3.40. The molecule has 3 rings (SSSR count). The molecule has 0 radical (unpaired) electrons. The molecule has 0 aliphatic carbocycles. The third kappa shape index (κ3) is 4.00. The SMILES string of the molecule is COc1cc2ncnc(N3CCC(COS(=O)O)CC3)c2cc1OC. The lowest BCUT2D eigenvalue weighted by atomic mass is 9.97. The maximum absolute atomic E-state index is 10.6. The van der Waals surface area contributed by atoms with Crippen LogP contribution in [0.2, 0.25) is 0 Å². The number of anilines is 1. The summed E-state index contributed by atoms with van der Waals surface area (Å²) in [5, 5.41) is 0.909. The average Bonchev–Trinajstić information content (AvgIpc) is 2.65. The van der Waals surface area contributed by atoms with Crippen LogP contribution >= 0.6 is 0 Å². The number of nitrogens with zero attached hydrogens (tertiary/aromatic N) is 3. The zero-order valence-electron chi connectivity index (χ0n) is 14.2. The molecule has 0 spiro atoms. The Hall–Kier alpha value is -1.97. The second-order valence-corrected chi connectivity index (χ2v) is 6.52. The third-order valence-electron chi connectivity index (χ3n) is 4.44. The van der Waals surface area contributed by atoms with E-state index in [0.717, 1.165) is 42.7 Å². The highest BCUT2D eigenvalue weighted by atomic mass is 32.2. The molecule has 2 heterocycles. The van der Waals surface area contributed by atoms with Crippen molar-refractivity contribution in [2.24, 2.45) is 5.92 Å². The minimum Gasteiger partial charge on any atom is -0.493 e. The molecule has 8 nitrogen and oxygen atoms in total. The Morgan fingerprint density at radius 1 is 1.20 bits per heavy atom. The number of aromatic nitrogens is 2. The molecule has 1 unspecified atom stereocenters. The summed E-state index contributed by atoms with van der Waals surface area (Å²) in [4.78, 5) is 11.0. The van der Waals surface area contributed by atoms with E-state index >= 15 is 0 Å². The van der Waals surface area contributed by atoms with E-state index in [1.54, 1.807) is 20.5 Å². The van der Waals surface area contributed by atoms with Gasteiger partial charge >= 0.3 is 11.4 Å². The Labute approximate surface area is 148 Å². The number of hydrogen-bond acceptors (Lipinski definition) is 7. The summed E-state index contributed by atoms with van der Waals surface area (Å²) >= 11 is -2.20. The normalized spacial score (nSPS) is 16.8. The summed E-state index contributed by atoms with van der Waals surface area (Å²) in [5.74, 6) is 2.40. The third-order valence-corrected chi connectivity index (χ3v) is 4.78. The molecule has 136 valence electrons. The molecule has 1 aromatic carbocycles. The van der Waals surface area contributed by atoms with Crippen molar-refractivity contribution >= 4 is 28.1 Å². The highest BCUT2D eigenvalue weighted by Crippen LogP contribution is 2.35. The Balaban J connectivity index is 1.81. The largest absolute Gasteiger partial charge is 0.493 e. The Kier molecular flexibility index (Phi) is 5.67. The molecule has 9 heteroatoms. The Bertz CT molecular complexity index is 765. The molecule has 1 atom stereocenters. The van der Waals surface area contributed by atoms with Gasteiger partial charge in [-0.2, -0.15) is 4.21 Å². The molecular formula is C16H21N3O5S. The molecule has 0 bridgehead atoms. The van der Waals surface area contributed by atoms with Crippen LogP contribution < -0.4 is 14.4 Å².